The van der Waals surface area contributed by atoms with E-state index in [1.54, 1.807) is 17.0 Å². The molecule has 0 N–H and O–H groups in total. The fourth-order valence-corrected chi connectivity index (χ4v) is 6.09. The maximum atomic E-state index is 13.0. The molecule has 1 fully saturated rings. The van der Waals surface area contributed by atoms with Gasteiger partial charge in [-0.05, 0) is 38.0 Å². The summed E-state index contributed by atoms with van der Waals surface area (Å²) in [7, 11) is -3.77. The molecule has 154 valence electrons. The molecule has 2 heterocycles. The molecule has 0 unspecified atom stereocenters. The number of sulfonamides is 1. The molecule has 1 amide bonds. The Bertz CT molecular complexity index is 1070. The molecular weight excluding hydrogens is 435 g/mol. The number of carbonyl (C=O) groups is 1. The first kappa shape index (κ1) is 20.5. The van der Waals surface area contributed by atoms with Crippen molar-refractivity contribution in [2.24, 2.45) is 0 Å². The molecule has 2 aliphatic rings. The number of nitrogens with zero attached hydrogens (tertiary/aromatic N) is 2. The van der Waals surface area contributed by atoms with Crippen molar-refractivity contribution in [1.29, 1.82) is 0 Å². The Morgan fingerprint density at radius 1 is 1.10 bits per heavy atom. The lowest BCUT2D eigenvalue weighted by Gasteiger charge is -2.39. The minimum atomic E-state index is -3.77. The predicted octanol–water partition coefficient (Wildman–Crippen LogP) is 4.61. The number of rotatable bonds is 3. The third kappa shape index (κ3) is 3.72. The molecule has 0 atom stereocenters. The number of amides is 1. The molecule has 6 nitrogen and oxygen atoms in total. The van der Waals surface area contributed by atoms with Gasteiger partial charge in [0, 0.05) is 24.7 Å². The monoisotopic (exact) mass is 454 g/mol. The van der Waals surface area contributed by atoms with Crippen molar-refractivity contribution >= 4 is 45.0 Å². The van der Waals surface area contributed by atoms with Crippen LogP contribution in [0.5, 0.6) is 0 Å². The van der Waals surface area contributed by atoms with Gasteiger partial charge in [0.2, 0.25) is 10.0 Å². The fourth-order valence-electron chi connectivity index (χ4n) is 3.88. The molecule has 1 saturated heterocycles. The highest BCUT2D eigenvalue weighted by Crippen LogP contribution is 2.35. The summed E-state index contributed by atoms with van der Waals surface area (Å²) in [6, 6.07) is 10.3. The van der Waals surface area contributed by atoms with E-state index in [1.807, 2.05) is 25.1 Å². The summed E-state index contributed by atoms with van der Waals surface area (Å²) in [5, 5.41) is 0.228. The quantitative estimate of drug-likeness (QED) is 0.678. The molecule has 2 aliphatic heterocycles. The van der Waals surface area contributed by atoms with E-state index in [2.05, 4.69) is 0 Å². The van der Waals surface area contributed by atoms with Gasteiger partial charge in [0.05, 0.1) is 15.7 Å². The lowest BCUT2D eigenvalue weighted by Crippen LogP contribution is -2.50. The van der Waals surface area contributed by atoms with Crippen LogP contribution in [0.4, 0.5) is 10.5 Å². The molecule has 2 aromatic carbocycles. The Kier molecular flexibility index (Phi) is 5.50. The number of fused-ring (bicyclic) bond motifs is 1. The Hall–Kier alpha value is -1.80. The van der Waals surface area contributed by atoms with Crippen molar-refractivity contribution in [3.8, 4) is 0 Å². The lowest BCUT2D eigenvalue weighted by atomic mass is 10.0. The highest BCUT2D eigenvalue weighted by Gasteiger charge is 2.37. The van der Waals surface area contributed by atoms with Crippen molar-refractivity contribution in [2.45, 2.75) is 37.3 Å². The molecule has 0 saturated carbocycles. The van der Waals surface area contributed by atoms with Gasteiger partial charge in [0.15, 0.2) is 0 Å². The highest BCUT2D eigenvalue weighted by atomic mass is 35.5. The van der Waals surface area contributed by atoms with Crippen LogP contribution in [0.1, 0.15) is 24.0 Å². The van der Waals surface area contributed by atoms with Gasteiger partial charge in [-0.1, -0.05) is 47.0 Å². The number of aryl methyl sites for hydroxylation is 1. The standard InChI is InChI=1S/C20H20Cl2N2O4S/c1-13-5-6-17-14(11-13)12-28-20(25)24(17)15-7-9-23(10-8-15)29(26,27)18-4-2-3-16(21)19(18)22/h2-6,11,15H,7-10,12H2,1H3. The van der Waals surface area contributed by atoms with Crippen LogP contribution >= 0.6 is 23.2 Å². The van der Waals surface area contributed by atoms with Crippen molar-refractivity contribution in [1.82, 2.24) is 4.31 Å². The first-order valence-electron chi connectivity index (χ1n) is 9.28. The normalized spacial score (nSPS) is 18.4. The second-order valence-electron chi connectivity index (χ2n) is 7.24. The Labute approximate surface area is 180 Å². The van der Waals surface area contributed by atoms with Crippen LogP contribution in [0.2, 0.25) is 10.0 Å². The number of benzene rings is 2. The summed E-state index contributed by atoms with van der Waals surface area (Å²) in [5.41, 5.74) is 2.90. The third-order valence-electron chi connectivity index (χ3n) is 5.36. The molecule has 0 aliphatic carbocycles. The van der Waals surface area contributed by atoms with Crippen LogP contribution in [0.15, 0.2) is 41.3 Å². The number of hydrogen-bond donors (Lipinski definition) is 0. The average Bonchev–Trinajstić information content (AvgIpc) is 2.70. The van der Waals surface area contributed by atoms with E-state index in [4.69, 9.17) is 27.9 Å². The minimum Gasteiger partial charge on any atom is -0.444 e. The van der Waals surface area contributed by atoms with Crippen LogP contribution in [0.3, 0.4) is 0 Å². The van der Waals surface area contributed by atoms with E-state index in [0.717, 1.165) is 16.8 Å². The zero-order valence-corrected chi connectivity index (χ0v) is 18.1. The van der Waals surface area contributed by atoms with E-state index in [0.29, 0.717) is 12.8 Å². The molecule has 0 spiro atoms. The van der Waals surface area contributed by atoms with E-state index in [1.165, 1.54) is 10.4 Å². The summed E-state index contributed by atoms with van der Waals surface area (Å²) in [6.45, 7) is 2.81. The van der Waals surface area contributed by atoms with Gasteiger partial charge in [-0.2, -0.15) is 4.31 Å². The van der Waals surface area contributed by atoms with Crippen LogP contribution in [-0.2, 0) is 21.4 Å². The van der Waals surface area contributed by atoms with E-state index < -0.39 is 10.0 Å². The summed E-state index contributed by atoms with van der Waals surface area (Å²) in [5.74, 6) is 0. The zero-order chi connectivity index (χ0) is 20.8. The summed E-state index contributed by atoms with van der Waals surface area (Å²) >= 11 is 12.1. The Balaban J connectivity index is 1.54. The number of ether oxygens (including phenoxy) is 1. The van der Waals surface area contributed by atoms with Crippen molar-refractivity contribution < 1.29 is 17.9 Å². The molecule has 2 aromatic rings. The molecule has 0 aromatic heterocycles. The number of halogens is 2. The average molecular weight is 455 g/mol. The van der Waals surface area contributed by atoms with Crippen LogP contribution in [0.25, 0.3) is 0 Å². The lowest BCUT2D eigenvalue weighted by molar-refractivity contribution is 0.135. The summed E-state index contributed by atoms with van der Waals surface area (Å²) in [6.07, 6.45) is 0.611. The second-order valence-corrected chi connectivity index (χ2v) is 9.94. The van der Waals surface area contributed by atoms with Crippen molar-refractivity contribution in [3.05, 3.63) is 57.6 Å². The van der Waals surface area contributed by atoms with Gasteiger partial charge >= 0.3 is 6.09 Å². The Morgan fingerprint density at radius 3 is 2.55 bits per heavy atom. The zero-order valence-electron chi connectivity index (χ0n) is 15.8. The van der Waals surface area contributed by atoms with Gasteiger partial charge in [-0.25, -0.2) is 13.2 Å². The molecule has 9 heteroatoms. The maximum absolute atomic E-state index is 13.0. The van der Waals surface area contributed by atoms with E-state index in [-0.39, 0.29) is 46.8 Å². The third-order valence-corrected chi connectivity index (χ3v) is 8.24. The highest BCUT2D eigenvalue weighted by molar-refractivity contribution is 7.89. The first-order valence-corrected chi connectivity index (χ1v) is 11.5. The number of anilines is 1. The van der Waals surface area contributed by atoms with Crippen LogP contribution < -0.4 is 4.90 Å². The number of carbonyl (C=O) groups excluding carboxylic acids is 1. The predicted molar refractivity (Wildman–Crippen MR) is 112 cm³/mol. The van der Waals surface area contributed by atoms with Gasteiger partial charge in [-0.15, -0.1) is 0 Å². The topological polar surface area (TPSA) is 66.9 Å². The number of hydrogen-bond acceptors (Lipinski definition) is 4. The van der Waals surface area contributed by atoms with Gasteiger partial charge in [-0.3, -0.25) is 4.90 Å². The minimum absolute atomic E-state index is 0.00307. The molecule has 0 bridgehead atoms. The molecular formula is C20H20Cl2N2O4S. The smallest absolute Gasteiger partial charge is 0.414 e. The molecule has 0 radical (unpaired) electrons. The van der Waals surface area contributed by atoms with E-state index in [9.17, 15) is 13.2 Å². The van der Waals surface area contributed by atoms with Gasteiger partial charge in [0.1, 0.15) is 11.5 Å². The Morgan fingerprint density at radius 2 is 1.83 bits per heavy atom. The van der Waals surface area contributed by atoms with Gasteiger partial charge < -0.3 is 4.74 Å². The van der Waals surface area contributed by atoms with Gasteiger partial charge in [0.25, 0.3) is 0 Å². The largest absolute Gasteiger partial charge is 0.444 e. The SMILES string of the molecule is Cc1ccc2c(c1)COC(=O)N2C1CCN(S(=O)(=O)c2cccc(Cl)c2Cl)CC1. The maximum Gasteiger partial charge on any atom is 0.414 e. The first-order chi connectivity index (χ1) is 13.8. The molecule has 29 heavy (non-hydrogen) atoms. The number of cyclic esters (lactones) is 1. The van der Waals surface area contributed by atoms with Crippen molar-refractivity contribution in [2.75, 3.05) is 18.0 Å². The molecule has 4 rings (SSSR count). The summed E-state index contributed by atoms with van der Waals surface area (Å²) < 4.78 is 32.8. The summed E-state index contributed by atoms with van der Waals surface area (Å²) in [4.78, 5) is 14.1. The van der Waals surface area contributed by atoms with Crippen LogP contribution in [0, 0.1) is 6.92 Å². The van der Waals surface area contributed by atoms with Crippen molar-refractivity contribution in [3.63, 3.8) is 0 Å². The second kappa shape index (κ2) is 7.80. The fraction of sp³-hybridized carbons (Fsp3) is 0.350. The van der Waals surface area contributed by atoms with E-state index >= 15 is 0 Å². The van der Waals surface area contributed by atoms with Crippen LogP contribution in [-0.4, -0.2) is 37.9 Å². The number of piperidine rings is 1.